The molecule has 0 spiro atoms. The first kappa shape index (κ1) is 48.8. The Bertz CT molecular complexity index is 2800. The van der Waals surface area contributed by atoms with Crippen LogP contribution in [0.1, 0.15) is 77.2 Å². The van der Waals surface area contributed by atoms with Crippen LogP contribution < -0.4 is 30.5 Å². The van der Waals surface area contributed by atoms with Gasteiger partial charge in [-0.25, -0.2) is 13.2 Å². The summed E-state index contributed by atoms with van der Waals surface area (Å²) in [7, 11) is 2.08. The minimum Gasteiger partial charge on any atom is -0.508 e. The molecule has 7 heterocycles. The summed E-state index contributed by atoms with van der Waals surface area (Å²) in [6.07, 6.45) is 8.78. The van der Waals surface area contributed by atoms with Gasteiger partial charge in [0.1, 0.15) is 47.1 Å². The van der Waals surface area contributed by atoms with Crippen LogP contribution in [0.4, 0.5) is 30.4 Å². The zero-order chi connectivity index (χ0) is 49.6. The number of amides is 2. The van der Waals surface area contributed by atoms with Crippen LogP contribution in [0.5, 0.6) is 11.8 Å². The molecule has 1 unspecified atom stereocenters. The Labute approximate surface area is 412 Å². The van der Waals surface area contributed by atoms with E-state index in [0.717, 1.165) is 71.4 Å². The Morgan fingerprint density at radius 2 is 1.73 bits per heavy atom. The van der Waals surface area contributed by atoms with E-state index in [1.807, 2.05) is 11.8 Å². The van der Waals surface area contributed by atoms with Crippen LogP contribution in [-0.2, 0) is 16.0 Å². The predicted octanol–water partition coefficient (Wildman–Crippen LogP) is 6.52. The van der Waals surface area contributed by atoms with Crippen molar-refractivity contribution < 1.29 is 37.7 Å². The van der Waals surface area contributed by atoms with Gasteiger partial charge in [0.15, 0.2) is 5.82 Å². The number of nitrogens with one attached hydrogen (secondary N) is 3. The lowest BCUT2D eigenvalue weighted by Crippen LogP contribution is -2.48. The molecule has 2 aromatic heterocycles. The number of fused-ring (bicyclic) bond motifs is 2. The lowest BCUT2D eigenvalue weighted by Gasteiger charge is -2.39. The zero-order valence-electron chi connectivity index (χ0n) is 40.8. The van der Waals surface area contributed by atoms with Crippen molar-refractivity contribution in [3.63, 3.8) is 0 Å². The highest BCUT2D eigenvalue weighted by atomic mass is 19.1. The van der Waals surface area contributed by atoms with Gasteiger partial charge in [-0.15, -0.1) is 0 Å². The molecular formula is C53H65F3N10O5. The Kier molecular flexibility index (Phi) is 14.0. The minimum atomic E-state index is -0.977. The van der Waals surface area contributed by atoms with Crippen LogP contribution in [0.15, 0.2) is 48.7 Å². The van der Waals surface area contributed by atoms with Crippen molar-refractivity contribution in [3.05, 3.63) is 71.7 Å². The van der Waals surface area contributed by atoms with E-state index in [0.29, 0.717) is 83.1 Å². The minimum absolute atomic E-state index is 0.0112. The second-order valence-corrected chi connectivity index (χ2v) is 20.8. The number of β-amino-alcohol motifs (C(OH)–C–C–N with tert-alkyl or cyclic N) is 1. The van der Waals surface area contributed by atoms with Gasteiger partial charge >= 0.3 is 6.01 Å². The molecule has 5 aliphatic heterocycles. The number of aryl methyl sites for hydroxylation is 1. The number of rotatable bonds is 13. The van der Waals surface area contributed by atoms with Gasteiger partial charge in [-0.05, 0) is 144 Å². The van der Waals surface area contributed by atoms with Crippen molar-refractivity contribution in [2.45, 2.75) is 108 Å². The van der Waals surface area contributed by atoms with Crippen LogP contribution in [0.25, 0.3) is 32.9 Å². The summed E-state index contributed by atoms with van der Waals surface area (Å²) < 4.78 is 54.0. The van der Waals surface area contributed by atoms with Crippen LogP contribution in [0.2, 0.25) is 0 Å². The number of halogens is 3. The maximum absolute atomic E-state index is 17.1. The molecule has 5 aromatic rings. The van der Waals surface area contributed by atoms with Gasteiger partial charge in [0.05, 0.1) is 16.7 Å². The normalized spacial score (nSPS) is 24.3. The summed E-state index contributed by atoms with van der Waals surface area (Å²) in [6.45, 7) is 10.3. The molecule has 71 heavy (non-hydrogen) atoms. The number of hydrogen-bond donors (Lipinski definition) is 5. The van der Waals surface area contributed by atoms with Crippen LogP contribution >= 0.6 is 0 Å². The van der Waals surface area contributed by atoms with Crippen LogP contribution in [0, 0.1) is 23.4 Å². The molecule has 3 aromatic carbocycles. The van der Waals surface area contributed by atoms with Crippen molar-refractivity contribution in [2.75, 3.05) is 81.1 Å². The monoisotopic (exact) mass is 979 g/mol. The van der Waals surface area contributed by atoms with E-state index in [4.69, 9.17) is 9.72 Å². The smallest absolute Gasteiger partial charge is 0.319 e. The molecule has 378 valence electrons. The molecule has 5 N–H and O–H groups in total. The van der Waals surface area contributed by atoms with Gasteiger partial charge in [-0.2, -0.15) is 9.97 Å². The van der Waals surface area contributed by atoms with E-state index in [9.17, 15) is 19.8 Å². The zero-order valence-corrected chi connectivity index (χ0v) is 40.8. The highest BCUT2D eigenvalue weighted by Gasteiger charge is 2.35. The molecule has 15 nitrogen and oxygen atoms in total. The number of phenols is 1. The maximum atomic E-state index is 17.1. The third-order valence-corrected chi connectivity index (χ3v) is 15.5. The van der Waals surface area contributed by atoms with Crippen molar-refractivity contribution in [1.82, 2.24) is 35.4 Å². The molecule has 10 rings (SSSR count). The quantitative estimate of drug-likeness (QED) is 0.0808. The molecule has 0 aliphatic carbocycles. The molecule has 5 aliphatic rings. The Balaban J connectivity index is 0.745. The number of hydrogen-bond acceptors (Lipinski definition) is 14. The number of anilines is 3. The first-order chi connectivity index (χ1) is 34.2. The van der Waals surface area contributed by atoms with Gasteiger partial charge in [-0.1, -0.05) is 13.0 Å². The molecule has 4 atom stereocenters. The second kappa shape index (κ2) is 20.4. The number of aromatic hydroxyl groups is 1. The van der Waals surface area contributed by atoms with Crippen molar-refractivity contribution in [3.8, 4) is 23.0 Å². The van der Waals surface area contributed by atoms with Gasteiger partial charge in [-0.3, -0.25) is 24.8 Å². The summed E-state index contributed by atoms with van der Waals surface area (Å²) in [6, 6.07) is 11.1. The predicted molar refractivity (Wildman–Crippen MR) is 267 cm³/mol. The fraction of sp³-hybridized carbons (Fsp3) is 0.528. The number of aromatic nitrogens is 3. The van der Waals surface area contributed by atoms with E-state index in [2.05, 4.69) is 47.7 Å². The molecule has 0 bridgehead atoms. The summed E-state index contributed by atoms with van der Waals surface area (Å²) >= 11 is 0. The maximum Gasteiger partial charge on any atom is 0.319 e. The molecule has 0 saturated carbocycles. The first-order valence-corrected chi connectivity index (χ1v) is 25.4. The average Bonchev–Trinajstić information content (AvgIpc) is 3.70. The SMILES string of the molecule is CCc1c(F)ccc2cc(O)cc(-c3ncc4c(N5CCC[C@@](C)(O)C5)nc(OC[C@@H]5C[C@H](NC6CCN(CC7CCN(c8ccc(NC9CCC(=O)NC9=O)cc8F)CC7)CC6)CN5C)nc4c3F)c12. The molecular weight excluding hydrogens is 914 g/mol. The third kappa shape index (κ3) is 10.6. The van der Waals surface area contributed by atoms with Crippen molar-refractivity contribution in [2.24, 2.45) is 5.92 Å². The van der Waals surface area contributed by atoms with Gasteiger partial charge < -0.3 is 40.3 Å². The number of pyridine rings is 1. The highest BCUT2D eigenvalue weighted by Crippen LogP contribution is 2.40. The van der Waals surface area contributed by atoms with Crippen molar-refractivity contribution in [1.29, 1.82) is 0 Å². The number of aliphatic hydroxyl groups is 1. The summed E-state index contributed by atoms with van der Waals surface area (Å²) in [5, 5.41) is 32.5. The molecule has 0 radical (unpaired) electrons. The first-order valence-electron chi connectivity index (χ1n) is 25.4. The topological polar surface area (TPSA) is 172 Å². The largest absolute Gasteiger partial charge is 0.508 e. The van der Waals surface area contributed by atoms with Crippen molar-refractivity contribution >= 4 is 50.7 Å². The fourth-order valence-electron chi connectivity index (χ4n) is 11.7. The molecule has 5 fully saturated rings. The summed E-state index contributed by atoms with van der Waals surface area (Å²) in [4.78, 5) is 46.6. The average molecular weight is 979 g/mol. The molecule has 18 heteroatoms. The number of likely N-dealkylation sites (tertiary alicyclic amines) is 2. The summed E-state index contributed by atoms with van der Waals surface area (Å²) in [5.74, 6) is -1.29. The number of phenolic OH excluding ortho intramolecular Hbond substituents is 1. The van der Waals surface area contributed by atoms with Gasteiger partial charge in [0, 0.05) is 81.3 Å². The Hall–Kier alpha value is -5.82. The van der Waals surface area contributed by atoms with E-state index < -0.39 is 23.3 Å². The highest BCUT2D eigenvalue weighted by molar-refractivity contribution is 6.02. The number of carbonyl (C=O) groups is 2. The number of nitrogens with zero attached hydrogens (tertiary/aromatic N) is 7. The van der Waals surface area contributed by atoms with E-state index in [1.54, 1.807) is 25.1 Å². The lowest BCUT2D eigenvalue weighted by atomic mass is 9.94. The standard InChI is InChI=1S/C53H65F3N10O5/c1-4-38-41(54)8-6-32-22-37(67)25-39(46(32)38)48-47(56)49-40(26-57-48)50(66-17-5-16-53(2,70)30-66)62-52(61-49)71-29-36-23-35(28-63(36)3)58-33-14-18-64(19-15-33)27-31-12-20-65(21-13-31)44-10-7-34(24-42(44)55)59-43-9-11-45(68)60-51(43)69/h6-8,10,22,24-26,31,33,35-36,43,58-59,67,70H,4-5,9,11-21,23,27-30H2,1-3H3,(H,60,68,69)/t35-,36-,43?,53+/m0/s1. The van der Waals surface area contributed by atoms with Gasteiger partial charge in [0.25, 0.3) is 0 Å². The van der Waals surface area contributed by atoms with Gasteiger partial charge in [0.2, 0.25) is 11.8 Å². The Morgan fingerprint density at radius 1 is 0.930 bits per heavy atom. The third-order valence-electron chi connectivity index (χ3n) is 15.5. The number of likely N-dealkylation sites (N-methyl/N-ethyl adjacent to an activating group) is 1. The molecule has 5 saturated heterocycles. The second-order valence-electron chi connectivity index (χ2n) is 20.8. The van der Waals surface area contributed by atoms with E-state index >= 15 is 13.2 Å². The van der Waals surface area contributed by atoms with Crippen LogP contribution in [0.3, 0.4) is 0 Å². The van der Waals surface area contributed by atoms with E-state index in [-0.39, 0.29) is 77.8 Å². The molecule has 2 amide bonds. The fourth-order valence-corrected chi connectivity index (χ4v) is 11.7. The number of piperidine rings is 4. The van der Waals surface area contributed by atoms with E-state index in [1.165, 1.54) is 30.5 Å². The van der Waals surface area contributed by atoms with Crippen LogP contribution in [-0.4, -0.2) is 143 Å². The number of benzene rings is 3. The summed E-state index contributed by atoms with van der Waals surface area (Å²) in [5.41, 5.74) is 0.695. The number of ether oxygens (including phenoxy) is 1. The Morgan fingerprint density at radius 3 is 2.48 bits per heavy atom. The number of carbonyl (C=O) groups excluding carboxylic acids is 2. The number of imide groups is 1. The lowest BCUT2D eigenvalue weighted by molar-refractivity contribution is -0.133.